The molecule has 1 aromatic rings. The van der Waals surface area contributed by atoms with Gasteiger partial charge < -0.3 is 5.32 Å². The number of likely N-dealkylation sites (N-methyl/N-ethyl adjacent to an activating group) is 1. The molecular weight excluding hydrogens is 286 g/mol. The van der Waals surface area contributed by atoms with Crippen molar-refractivity contribution in [1.82, 2.24) is 10.2 Å². The molecule has 0 radical (unpaired) electrons. The molecule has 21 heavy (non-hydrogen) atoms. The Bertz CT molecular complexity index is 539. The van der Waals surface area contributed by atoms with Crippen LogP contribution in [-0.2, 0) is 11.3 Å². The summed E-state index contributed by atoms with van der Waals surface area (Å²) >= 11 is 5.94. The van der Waals surface area contributed by atoms with Crippen molar-refractivity contribution in [2.24, 2.45) is 5.92 Å². The van der Waals surface area contributed by atoms with E-state index in [0.717, 1.165) is 5.56 Å². The van der Waals surface area contributed by atoms with Gasteiger partial charge in [0.15, 0.2) is 0 Å². The van der Waals surface area contributed by atoms with Crippen molar-refractivity contribution < 1.29 is 4.79 Å². The Hall–Kier alpha value is -1.57. The fourth-order valence-corrected chi connectivity index (χ4v) is 2.09. The maximum Gasteiger partial charge on any atom is 0.235 e. The predicted octanol–water partition coefficient (Wildman–Crippen LogP) is 2.83. The Morgan fingerprint density at radius 3 is 2.71 bits per heavy atom. The molecule has 0 aliphatic rings. The lowest BCUT2D eigenvalue weighted by Gasteiger charge is -2.28. The van der Waals surface area contributed by atoms with Crippen molar-refractivity contribution in [3.63, 3.8) is 0 Å². The van der Waals surface area contributed by atoms with E-state index in [1.54, 1.807) is 6.92 Å². The summed E-state index contributed by atoms with van der Waals surface area (Å²) in [6, 6.07) is 9.72. The van der Waals surface area contributed by atoms with Gasteiger partial charge in [0.05, 0.1) is 12.6 Å². The van der Waals surface area contributed by atoms with Gasteiger partial charge >= 0.3 is 0 Å². The van der Waals surface area contributed by atoms with E-state index in [1.165, 1.54) is 0 Å². The van der Waals surface area contributed by atoms with Crippen LogP contribution in [0.25, 0.3) is 0 Å². The number of nitriles is 1. The molecular formula is C16H22ClN3O. The lowest BCUT2D eigenvalue weighted by atomic mass is 9.90. The van der Waals surface area contributed by atoms with E-state index in [4.69, 9.17) is 11.6 Å². The van der Waals surface area contributed by atoms with Gasteiger partial charge in [0.1, 0.15) is 5.54 Å². The van der Waals surface area contributed by atoms with Crippen LogP contribution >= 0.6 is 11.6 Å². The maximum absolute atomic E-state index is 12.1. The summed E-state index contributed by atoms with van der Waals surface area (Å²) in [7, 11) is 1.86. The zero-order valence-corrected chi connectivity index (χ0v) is 13.7. The van der Waals surface area contributed by atoms with Gasteiger partial charge in [-0.3, -0.25) is 9.69 Å². The molecule has 5 heteroatoms. The first kappa shape index (κ1) is 17.5. The number of hydrogen-bond donors (Lipinski definition) is 1. The first-order valence-electron chi connectivity index (χ1n) is 6.92. The van der Waals surface area contributed by atoms with E-state index in [2.05, 4.69) is 11.4 Å². The number of hydrogen-bond acceptors (Lipinski definition) is 3. The Kier molecular flexibility index (Phi) is 6.19. The Morgan fingerprint density at radius 1 is 1.52 bits per heavy atom. The van der Waals surface area contributed by atoms with Crippen LogP contribution in [0, 0.1) is 17.2 Å². The molecule has 1 aromatic carbocycles. The van der Waals surface area contributed by atoms with Gasteiger partial charge in [-0.25, -0.2) is 0 Å². The molecule has 1 atom stereocenters. The average molecular weight is 308 g/mol. The second-order valence-corrected chi connectivity index (χ2v) is 6.26. The summed E-state index contributed by atoms with van der Waals surface area (Å²) in [5.74, 6) is -0.109. The quantitative estimate of drug-likeness (QED) is 0.879. The normalized spacial score (nSPS) is 13.8. The van der Waals surface area contributed by atoms with Gasteiger partial charge in [-0.1, -0.05) is 37.6 Å². The van der Waals surface area contributed by atoms with Crippen molar-refractivity contribution in [3.8, 4) is 6.07 Å². The third kappa shape index (κ3) is 5.37. The van der Waals surface area contributed by atoms with Gasteiger partial charge in [-0.15, -0.1) is 0 Å². The molecule has 114 valence electrons. The molecule has 1 N–H and O–H groups in total. The summed E-state index contributed by atoms with van der Waals surface area (Å²) in [4.78, 5) is 13.9. The fraction of sp³-hybridized carbons (Fsp3) is 0.500. The Labute approximate surface area is 131 Å². The SMILES string of the molecule is CC(C)[C@@](C)(C#N)NC(=O)CN(C)Cc1cccc(Cl)c1. The Morgan fingerprint density at radius 2 is 2.19 bits per heavy atom. The largest absolute Gasteiger partial charge is 0.337 e. The van der Waals surface area contributed by atoms with Crippen molar-refractivity contribution >= 4 is 17.5 Å². The highest BCUT2D eigenvalue weighted by Crippen LogP contribution is 2.15. The highest BCUT2D eigenvalue weighted by Gasteiger charge is 2.30. The molecule has 1 rings (SSSR count). The van der Waals surface area contributed by atoms with Gasteiger partial charge in [-0.2, -0.15) is 5.26 Å². The fourth-order valence-electron chi connectivity index (χ4n) is 1.88. The molecule has 0 aromatic heterocycles. The number of amides is 1. The number of nitrogens with one attached hydrogen (secondary N) is 1. The predicted molar refractivity (Wildman–Crippen MR) is 84.8 cm³/mol. The summed E-state index contributed by atoms with van der Waals surface area (Å²) in [6.45, 7) is 6.43. The van der Waals surface area contributed by atoms with Crippen LogP contribution in [0.4, 0.5) is 0 Å². The van der Waals surface area contributed by atoms with Gasteiger partial charge in [0.25, 0.3) is 0 Å². The van der Waals surface area contributed by atoms with E-state index < -0.39 is 5.54 Å². The Balaban J connectivity index is 2.57. The summed E-state index contributed by atoms with van der Waals surface area (Å²) in [6.07, 6.45) is 0. The van der Waals surface area contributed by atoms with Crippen LogP contribution in [0.5, 0.6) is 0 Å². The lowest BCUT2D eigenvalue weighted by Crippen LogP contribution is -2.51. The number of rotatable bonds is 6. The number of nitrogens with zero attached hydrogens (tertiary/aromatic N) is 2. The molecule has 0 saturated carbocycles. The number of carbonyl (C=O) groups is 1. The molecule has 0 fully saturated rings. The first-order valence-corrected chi connectivity index (χ1v) is 7.30. The average Bonchev–Trinajstić information content (AvgIpc) is 2.37. The van der Waals surface area contributed by atoms with Gasteiger partial charge in [-0.05, 0) is 37.6 Å². The molecule has 4 nitrogen and oxygen atoms in total. The minimum Gasteiger partial charge on any atom is -0.337 e. The van der Waals surface area contributed by atoms with Crippen molar-refractivity contribution in [1.29, 1.82) is 5.26 Å². The van der Waals surface area contributed by atoms with Gasteiger partial charge in [0, 0.05) is 11.6 Å². The topological polar surface area (TPSA) is 56.1 Å². The van der Waals surface area contributed by atoms with Crippen molar-refractivity contribution in [3.05, 3.63) is 34.9 Å². The summed E-state index contributed by atoms with van der Waals surface area (Å²) in [5.41, 5.74) is 0.207. The standard InChI is InChI=1S/C16H22ClN3O/c1-12(2)16(3,11-18)19-15(21)10-20(4)9-13-6-5-7-14(17)8-13/h5-8,12H,9-10H2,1-4H3,(H,19,21)/t16-/m1/s1. The minimum absolute atomic E-state index is 0.0460. The molecule has 0 unspecified atom stereocenters. The van der Waals surface area contributed by atoms with Crippen LogP contribution in [0.2, 0.25) is 5.02 Å². The van der Waals surface area contributed by atoms with E-state index in [1.807, 2.05) is 50.1 Å². The molecule has 0 aliphatic heterocycles. The molecule has 0 bridgehead atoms. The van der Waals surface area contributed by atoms with Crippen LogP contribution < -0.4 is 5.32 Å². The van der Waals surface area contributed by atoms with Crippen LogP contribution in [0.1, 0.15) is 26.3 Å². The number of halogens is 1. The van der Waals surface area contributed by atoms with E-state index in [-0.39, 0.29) is 18.4 Å². The zero-order valence-electron chi connectivity index (χ0n) is 13.0. The molecule has 1 amide bonds. The third-order valence-corrected chi connectivity index (χ3v) is 3.78. The lowest BCUT2D eigenvalue weighted by molar-refractivity contribution is -0.123. The highest BCUT2D eigenvalue weighted by atomic mass is 35.5. The van der Waals surface area contributed by atoms with Gasteiger partial charge in [0.2, 0.25) is 5.91 Å². The van der Waals surface area contributed by atoms with E-state index in [0.29, 0.717) is 11.6 Å². The second kappa shape index (κ2) is 7.44. The first-order chi connectivity index (χ1) is 9.76. The van der Waals surface area contributed by atoms with Crippen molar-refractivity contribution in [2.75, 3.05) is 13.6 Å². The van der Waals surface area contributed by atoms with E-state index in [9.17, 15) is 10.1 Å². The number of benzene rings is 1. The second-order valence-electron chi connectivity index (χ2n) is 5.82. The van der Waals surface area contributed by atoms with Crippen LogP contribution in [0.3, 0.4) is 0 Å². The monoisotopic (exact) mass is 307 g/mol. The molecule has 0 spiro atoms. The number of carbonyl (C=O) groups excluding carboxylic acids is 1. The van der Waals surface area contributed by atoms with Crippen molar-refractivity contribution in [2.45, 2.75) is 32.9 Å². The minimum atomic E-state index is -0.839. The summed E-state index contributed by atoms with van der Waals surface area (Å²) in [5, 5.41) is 12.7. The molecule has 0 aliphatic carbocycles. The highest BCUT2D eigenvalue weighted by molar-refractivity contribution is 6.30. The van der Waals surface area contributed by atoms with Crippen LogP contribution in [-0.4, -0.2) is 29.9 Å². The maximum atomic E-state index is 12.1. The van der Waals surface area contributed by atoms with Crippen LogP contribution in [0.15, 0.2) is 24.3 Å². The smallest absolute Gasteiger partial charge is 0.235 e. The zero-order chi connectivity index (χ0) is 16.0. The third-order valence-electron chi connectivity index (χ3n) is 3.54. The summed E-state index contributed by atoms with van der Waals surface area (Å²) < 4.78 is 0. The molecule has 0 heterocycles. The van der Waals surface area contributed by atoms with E-state index >= 15 is 0 Å². The molecule has 0 saturated heterocycles.